The Balaban J connectivity index is 1.15. The highest BCUT2D eigenvalue weighted by molar-refractivity contribution is 5.78. The highest BCUT2D eigenvalue weighted by atomic mass is 16.5. The van der Waals surface area contributed by atoms with Crippen molar-refractivity contribution in [3.05, 3.63) is 36.9 Å². The van der Waals surface area contributed by atoms with Crippen LogP contribution in [0.5, 0.6) is 5.75 Å². The molecule has 1 N–H and O–H groups in total. The average Bonchev–Trinajstić information content (AvgIpc) is 3.45. The van der Waals surface area contributed by atoms with Gasteiger partial charge in [-0.2, -0.15) is 4.80 Å². The van der Waals surface area contributed by atoms with Crippen LogP contribution in [-0.2, 0) is 10.3 Å². The van der Waals surface area contributed by atoms with Crippen LogP contribution in [0.4, 0.5) is 0 Å². The van der Waals surface area contributed by atoms with Gasteiger partial charge in [0.2, 0.25) is 0 Å². The van der Waals surface area contributed by atoms with Crippen LogP contribution in [-0.4, -0.2) is 58.5 Å². The molecule has 160 valence electrons. The highest BCUT2D eigenvalue weighted by Crippen LogP contribution is 2.60. The number of benzene rings is 1. The fraction of sp³-hybridized carbons (Fsp3) is 0.550. The molecular weight excluding hydrogens is 398 g/mol. The Kier molecular flexibility index (Phi) is 4.05. The van der Waals surface area contributed by atoms with Crippen LogP contribution in [0.3, 0.4) is 0 Å². The topological polar surface area (TPSA) is 126 Å². The lowest BCUT2D eigenvalue weighted by Crippen LogP contribution is -2.66. The van der Waals surface area contributed by atoms with E-state index in [2.05, 4.69) is 36.3 Å². The van der Waals surface area contributed by atoms with E-state index in [0.717, 1.165) is 37.8 Å². The van der Waals surface area contributed by atoms with Crippen LogP contribution >= 0.6 is 0 Å². The zero-order valence-corrected chi connectivity index (χ0v) is 17.0. The summed E-state index contributed by atoms with van der Waals surface area (Å²) in [5.41, 5.74) is 0.424. The quantitative estimate of drug-likeness (QED) is 0.622. The summed E-state index contributed by atoms with van der Waals surface area (Å²) < 4.78 is 7.33. The number of carbonyl (C=O) groups is 1. The third-order valence-electron chi connectivity index (χ3n) is 7.01. The van der Waals surface area contributed by atoms with Crippen LogP contribution in [0.25, 0.3) is 5.69 Å². The molecule has 4 aliphatic carbocycles. The summed E-state index contributed by atoms with van der Waals surface area (Å²) in [5.74, 6) is 1.66. The summed E-state index contributed by atoms with van der Waals surface area (Å²) in [6.07, 6.45) is 9.26. The van der Waals surface area contributed by atoms with E-state index in [9.17, 15) is 4.79 Å². The fourth-order valence-electron chi connectivity index (χ4n) is 6.46. The van der Waals surface area contributed by atoms with E-state index in [1.807, 2.05) is 18.2 Å². The molecule has 1 aromatic carbocycles. The van der Waals surface area contributed by atoms with Crippen molar-refractivity contribution in [3.8, 4) is 11.4 Å². The van der Waals surface area contributed by atoms with Crippen molar-refractivity contribution in [1.82, 2.24) is 45.7 Å². The lowest BCUT2D eigenvalue weighted by atomic mass is 9.50. The zero-order chi connectivity index (χ0) is 20.9. The molecule has 3 aromatic rings. The molecular formula is C20H23N9O2. The van der Waals surface area contributed by atoms with Crippen molar-refractivity contribution < 1.29 is 9.53 Å². The van der Waals surface area contributed by atoms with Gasteiger partial charge < -0.3 is 10.1 Å². The standard InChI is InChI=1S/C20H23N9O2/c30-18(10-31-17-3-1-2-16(5-17)28-13-22-25-27-28)24-19-6-14-4-15(7-19)9-20(8-14,11-19)29-23-12-21-26-29/h1-3,5,12-15H,4,6-11H2,(H,24,30). The monoisotopic (exact) mass is 421 g/mol. The lowest BCUT2D eigenvalue weighted by molar-refractivity contribution is -0.133. The average molecular weight is 421 g/mol. The number of aromatic nitrogens is 8. The zero-order valence-electron chi connectivity index (χ0n) is 17.0. The van der Waals surface area contributed by atoms with Gasteiger partial charge in [0.1, 0.15) is 12.1 Å². The number of amides is 1. The Bertz CT molecular complexity index is 1070. The van der Waals surface area contributed by atoms with Crippen LogP contribution < -0.4 is 10.1 Å². The molecule has 4 aliphatic rings. The summed E-state index contributed by atoms with van der Waals surface area (Å²) in [4.78, 5) is 14.7. The van der Waals surface area contributed by atoms with Crippen molar-refractivity contribution in [2.24, 2.45) is 11.8 Å². The number of nitrogens with zero attached hydrogens (tertiary/aromatic N) is 8. The van der Waals surface area contributed by atoms with Crippen LogP contribution in [0, 0.1) is 11.8 Å². The summed E-state index contributed by atoms with van der Waals surface area (Å²) in [5, 5.41) is 27.0. The maximum Gasteiger partial charge on any atom is 0.258 e. The molecule has 2 aromatic heterocycles. The number of hydrogen-bond donors (Lipinski definition) is 1. The van der Waals surface area contributed by atoms with Crippen molar-refractivity contribution in [1.29, 1.82) is 0 Å². The van der Waals surface area contributed by atoms with Gasteiger partial charge in [-0.1, -0.05) is 6.07 Å². The van der Waals surface area contributed by atoms with Gasteiger partial charge in [-0.25, -0.2) is 4.68 Å². The molecule has 4 saturated carbocycles. The third kappa shape index (κ3) is 3.24. The SMILES string of the molecule is O=C(COc1cccc(-n2cnnn2)c1)NC12CC3CC(C1)CC(n1ncnn1)(C3)C2. The Morgan fingerprint density at radius 3 is 2.77 bits per heavy atom. The fourth-order valence-corrected chi connectivity index (χ4v) is 6.46. The number of nitrogens with one attached hydrogen (secondary N) is 1. The molecule has 2 heterocycles. The Labute approximate surface area is 178 Å². The van der Waals surface area contributed by atoms with E-state index in [1.165, 1.54) is 19.1 Å². The van der Waals surface area contributed by atoms with Gasteiger partial charge >= 0.3 is 0 Å². The van der Waals surface area contributed by atoms with Crippen LogP contribution in [0.15, 0.2) is 36.9 Å². The lowest BCUT2D eigenvalue weighted by Gasteiger charge is -2.61. The summed E-state index contributed by atoms with van der Waals surface area (Å²) in [6, 6.07) is 7.34. The Morgan fingerprint density at radius 1 is 1.16 bits per heavy atom. The first-order valence-electron chi connectivity index (χ1n) is 10.6. The Hall–Kier alpha value is -3.37. The van der Waals surface area contributed by atoms with Gasteiger partial charge in [-0.3, -0.25) is 4.79 Å². The van der Waals surface area contributed by atoms with Gasteiger partial charge in [-0.15, -0.1) is 15.3 Å². The van der Waals surface area contributed by atoms with Gasteiger partial charge in [0, 0.05) is 11.6 Å². The second kappa shape index (κ2) is 6.82. The molecule has 0 aliphatic heterocycles. The molecule has 11 nitrogen and oxygen atoms in total. The van der Waals surface area contributed by atoms with Crippen molar-refractivity contribution >= 4 is 5.91 Å². The minimum Gasteiger partial charge on any atom is -0.484 e. The molecule has 4 bridgehead atoms. The van der Waals surface area contributed by atoms with E-state index in [0.29, 0.717) is 17.6 Å². The first kappa shape index (κ1) is 18.4. The number of carbonyl (C=O) groups excluding carboxylic acids is 1. The molecule has 4 fully saturated rings. The van der Waals surface area contributed by atoms with E-state index in [4.69, 9.17) is 4.74 Å². The number of tetrazole rings is 2. The number of rotatable bonds is 6. The first-order valence-corrected chi connectivity index (χ1v) is 10.6. The van der Waals surface area contributed by atoms with Crippen LogP contribution in [0.2, 0.25) is 0 Å². The molecule has 2 atom stereocenters. The van der Waals surface area contributed by atoms with Crippen molar-refractivity contribution in [2.45, 2.75) is 49.6 Å². The van der Waals surface area contributed by atoms with Gasteiger partial charge in [-0.05, 0) is 78.1 Å². The summed E-state index contributed by atoms with van der Waals surface area (Å²) >= 11 is 0. The summed E-state index contributed by atoms with van der Waals surface area (Å²) in [7, 11) is 0. The maximum atomic E-state index is 12.9. The molecule has 0 saturated heterocycles. The number of hydrogen-bond acceptors (Lipinski definition) is 8. The van der Waals surface area contributed by atoms with E-state index in [1.54, 1.807) is 15.5 Å². The molecule has 1 amide bonds. The molecule has 7 rings (SSSR count). The predicted molar refractivity (Wildman–Crippen MR) is 106 cm³/mol. The van der Waals surface area contributed by atoms with Gasteiger partial charge in [0.25, 0.3) is 5.91 Å². The van der Waals surface area contributed by atoms with E-state index >= 15 is 0 Å². The molecule has 2 unspecified atom stereocenters. The molecule has 0 radical (unpaired) electrons. The largest absolute Gasteiger partial charge is 0.484 e. The van der Waals surface area contributed by atoms with Crippen molar-refractivity contribution in [3.63, 3.8) is 0 Å². The molecule has 0 spiro atoms. The second-order valence-electron chi connectivity index (χ2n) is 9.28. The first-order chi connectivity index (χ1) is 15.1. The minimum absolute atomic E-state index is 0.0370. The summed E-state index contributed by atoms with van der Waals surface area (Å²) in [6.45, 7) is -0.0370. The maximum absolute atomic E-state index is 12.9. The van der Waals surface area contributed by atoms with Crippen molar-refractivity contribution in [2.75, 3.05) is 6.61 Å². The van der Waals surface area contributed by atoms with E-state index in [-0.39, 0.29) is 23.6 Å². The highest BCUT2D eigenvalue weighted by Gasteiger charge is 2.60. The smallest absolute Gasteiger partial charge is 0.258 e. The number of ether oxygens (including phenoxy) is 1. The van der Waals surface area contributed by atoms with Crippen LogP contribution in [0.1, 0.15) is 38.5 Å². The van der Waals surface area contributed by atoms with Gasteiger partial charge in [0.15, 0.2) is 12.9 Å². The normalized spacial score (nSPS) is 31.0. The van der Waals surface area contributed by atoms with E-state index < -0.39 is 0 Å². The molecule has 31 heavy (non-hydrogen) atoms. The third-order valence-corrected chi connectivity index (χ3v) is 7.01. The molecule has 11 heteroatoms. The second-order valence-corrected chi connectivity index (χ2v) is 9.28. The minimum atomic E-state index is -0.216. The Morgan fingerprint density at radius 2 is 2.03 bits per heavy atom. The van der Waals surface area contributed by atoms with Gasteiger partial charge in [0.05, 0.1) is 11.2 Å². The predicted octanol–water partition coefficient (Wildman–Crippen LogP) is 0.892.